The van der Waals surface area contributed by atoms with Crippen molar-refractivity contribution in [2.45, 2.75) is 6.42 Å². The van der Waals surface area contributed by atoms with Gasteiger partial charge in [0.2, 0.25) is 5.91 Å². The van der Waals surface area contributed by atoms with Crippen LogP contribution in [0.4, 0.5) is 5.82 Å². The molecule has 6 nitrogen and oxygen atoms in total. The minimum Gasteiger partial charge on any atom is -0.310 e. The fourth-order valence-corrected chi connectivity index (χ4v) is 2.29. The number of likely N-dealkylation sites (tertiary alicyclic amines) is 1. The SMILES string of the molecule is N#CN1CCC(C(=O)Nc2cc3ccccn3n2)C1. The van der Waals surface area contributed by atoms with Gasteiger partial charge in [-0.3, -0.25) is 4.79 Å². The maximum atomic E-state index is 12.1. The molecule has 96 valence electrons. The highest BCUT2D eigenvalue weighted by Gasteiger charge is 2.28. The molecule has 0 bridgehead atoms. The molecule has 2 aromatic heterocycles. The van der Waals surface area contributed by atoms with Gasteiger partial charge >= 0.3 is 0 Å². The summed E-state index contributed by atoms with van der Waals surface area (Å²) >= 11 is 0. The molecule has 6 heteroatoms. The second-order valence-corrected chi connectivity index (χ2v) is 4.62. The lowest BCUT2D eigenvalue weighted by atomic mass is 10.1. The van der Waals surface area contributed by atoms with Crippen molar-refractivity contribution in [2.24, 2.45) is 5.92 Å². The number of hydrogen-bond acceptors (Lipinski definition) is 4. The lowest BCUT2D eigenvalue weighted by Gasteiger charge is -2.08. The van der Waals surface area contributed by atoms with E-state index in [9.17, 15) is 4.79 Å². The Kier molecular flexibility index (Phi) is 2.80. The summed E-state index contributed by atoms with van der Waals surface area (Å²) in [4.78, 5) is 13.7. The second kappa shape index (κ2) is 4.61. The molecule has 1 amide bonds. The summed E-state index contributed by atoms with van der Waals surface area (Å²) in [5, 5.41) is 15.9. The standard InChI is InChI=1S/C13H13N5O/c14-9-17-6-4-10(8-17)13(19)15-12-7-11-3-1-2-5-18(11)16-12/h1-3,5,7,10H,4,6,8H2,(H,15,16,19). The van der Waals surface area contributed by atoms with E-state index < -0.39 is 0 Å². The molecule has 2 aromatic rings. The first-order chi connectivity index (χ1) is 9.26. The van der Waals surface area contributed by atoms with Gasteiger partial charge in [0.05, 0.1) is 11.4 Å². The van der Waals surface area contributed by atoms with Crippen LogP contribution in [0, 0.1) is 17.4 Å². The van der Waals surface area contributed by atoms with E-state index in [1.165, 1.54) is 0 Å². The Bertz CT molecular complexity index is 623. The van der Waals surface area contributed by atoms with Crippen LogP contribution in [0.25, 0.3) is 5.52 Å². The van der Waals surface area contributed by atoms with Crippen molar-refractivity contribution in [1.82, 2.24) is 14.5 Å². The zero-order valence-corrected chi connectivity index (χ0v) is 10.3. The van der Waals surface area contributed by atoms with Gasteiger partial charge in [-0.1, -0.05) is 6.07 Å². The Labute approximate surface area is 110 Å². The number of nitrogens with one attached hydrogen (secondary N) is 1. The van der Waals surface area contributed by atoms with E-state index in [0.717, 1.165) is 5.52 Å². The predicted octanol–water partition coefficient (Wildman–Crippen LogP) is 1.08. The largest absolute Gasteiger partial charge is 0.310 e. The molecule has 1 fully saturated rings. The van der Waals surface area contributed by atoms with Gasteiger partial charge in [-0.2, -0.15) is 10.4 Å². The number of carbonyl (C=O) groups is 1. The van der Waals surface area contributed by atoms with Crippen LogP contribution >= 0.6 is 0 Å². The number of nitriles is 1. The van der Waals surface area contributed by atoms with E-state index in [4.69, 9.17) is 5.26 Å². The minimum atomic E-state index is -0.135. The van der Waals surface area contributed by atoms with Crippen LogP contribution in [0.5, 0.6) is 0 Å². The van der Waals surface area contributed by atoms with Crippen LogP contribution in [0.15, 0.2) is 30.5 Å². The normalized spacial score (nSPS) is 18.5. The average Bonchev–Trinajstić information content (AvgIpc) is 3.04. The van der Waals surface area contributed by atoms with Gasteiger partial charge in [0, 0.05) is 25.4 Å². The smallest absolute Gasteiger partial charge is 0.230 e. The first-order valence-electron chi connectivity index (χ1n) is 6.16. The van der Waals surface area contributed by atoms with Crippen molar-refractivity contribution in [1.29, 1.82) is 5.26 Å². The molecule has 1 saturated heterocycles. The molecular formula is C13H13N5O. The zero-order valence-electron chi connectivity index (χ0n) is 10.3. The Morgan fingerprint density at radius 3 is 3.16 bits per heavy atom. The topological polar surface area (TPSA) is 73.4 Å². The third-order valence-electron chi connectivity index (χ3n) is 3.32. The molecular weight excluding hydrogens is 242 g/mol. The minimum absolute atomic E-state index is 0.0684. The number of anilines is 1. The van der Waals surface area contributed by atoms with Crippen molar-refractivity contribution in [3.05, 3.63) is 30.5 Å². The third kappa shape index (κ3) is 2.22. The Balaban J connectivity index is 1.71. The number of amides is 1. The molecule has 0 aliphatic carbocycles. The van der Waals surface area contributed by atoms with Gasteiger partial charge < -0.3 is 10.2 Å². The van der Waals surface area contributed by atoms with Gasteiger partial charge in [0.1, 0.15) is 0 Å². The molecule has 1 aliphatic heterocycles. The molecule has 3 rings (SSSR count). The van der Waals surface area contributed by atoms with Gasteiger partial charge in [-0.15, -0.1) is 0 Å². The number of hydrogen-bond donors (Lipinski definition) is 1. The summed E-state index contributed by atoms with van der Waals surface area (Å²) in [6.45, 7) is 1.15. The number of aromatic nitrogens is 2. The van der Waals surface area contributed by atoms with Crippen LogP contribution in [0.2, 0.25) is 0 Å². The summed E-state index contributed by atoms with van der Waals surface area (Å²) in [7, 11) is 0. The first kappa shape index (κ1) is 11.5. The molecule has 0 aromatic carbocycles. The average molecular weight is 255 g/mol. The molecule has 0 spiro atoms. The van der Waals surface area contributed by atoms with Gasteiger partial charge in [-0.25, -0.2) is 4.52 Å². The number of rotatable bonds is 2. The van der Waals surface area contributed by atoms with Crippen molar-refractivity contribution in [2.75, 3.05) is 18.4 Å². The summed E-state index contributed by atoms with van der Waals surface area (Å²) in [6.07, 6.45) is 4.61. The maximum absolute atomic E-state index is 12.1. The van der Waals surface area contributed by atoms with E-state index in [-0.39, 0.29) is 11.8 Å². The van der Waals surface area contributed by atoms with E-state index in [1.54, 1.807) is 9.42 Å². The Hall–Kier alpha value is -2.55. The highest BCUT2D eigenvalue weighted by Crippen LogP contribution is 2.18. The molecule has 1 aliphatic rings. The van der Waals surface area contributed by atoms with E-state index in [1.807, 2.05) is 30.5 Å². The number of carbonyl (C=O) groups excluding carboxylic acids is 1. The first-order valence-corrected chi connectivity index (χ1v) is 6.16. The number of pyridine rings is 1. The van der Waals surface area contributed by atoms with E-state index in [0.29, 0.717) is 25.3 Å². The fraction of sp³-hybridized carbons (Fsp3) is 0.308. The van der Waals surface area contributed by atoms with Crippen molar-refractivity contribution in [3.63, 3.8) is 0 Å². The van der Waals surface area contributed by atoms with Crippen LogP contribution in [-0.4, -0.2) is 33.5 Å². The maximum Gasteiger partial charge on any atom is 0.230 e. The molecule has 1 atom stereocenters. The fourth-order valence-electron chi connectivity index (χ4n) is 2.29. The van der Waals surface area contributed by atoms with E-state index >= 15 is 0 Å². The molecule has 19 heavy (non-hydrogen) atoms. The molecule has 0 saturated carbocycles. The lowest BCUT2D eigenvalue weighted by molar-refractivity contribution is -0.119. The lowest BCUT2D eigenvalue weighted by Crippen LogP contribution is -2.25. The molecule has 3 heterocycles. The van der Waals surface area contributed by atoms with Gasteiger partial charge in [0.25, 0.3) is 0 Å². The predicted molar refractivity (Wildman–Crippen MR) is 69.1 cm³/mol. The van der Waals surface area contributed by atoms with Crippen molar-refractivity contribution < 1.29 is 4.79 Å². The van der Waals surface area contributed by atoms with Gasteiger partial charge in [0.15, 0.2) is 12.0 Å². The monoisotopic (exact) mass is 255 g/mol. The van der Waals surface area contributed by atoms with Crippen LogP contribution < -0.4 is 5.32 Å². The Morgan fingerprint density at radius 2 is 2.42 bits per heavy atom. The van der Waals surface area contributed by atoms with Crippen molar-refractivity contribution >= 4 is 17.2 Å². The van der Waals surface area contributed by atoms with Gasteiger partial charge in [-0.05, 0) is 18.6 Å². The third-order valence-corrected chi connectivity index (χ3v) is 3.32. The molecule has 0 radical (unpaired) electrons. The van der Waals surface area contributed by atoms with E-state index in [2.05, 4.69) is 16.6 Å². The zero-order chi connectivity index (χ0) is 13.2. The quantitative estimate of drug-likeness (QED) is 0.815. The Morgan fingerprint density at radius 1 is 1.53 bits per heavy atom. The van der Waals surface area contributed by atoms with Crippen LogP contribution in [-0.2, 0) is 4.79 Å². The highest BCUT2D eigenvalue weighted by molar-refractivity contribution is 5.92. The van der Waals surface area contributed by atoms with Crippen molar-refractivity contribution in [3.8, 4) is 6.19 Å². The van der Waals surface area contributed by atoms with Crippen LogP contribution in [0.3, 0.4) is 0 Å². The number of nitrogens with zero attached hydrogens (tertiary/aromatic N) is 4. The second-order valence-electron chi connectivity index (χ2n) is 4.62. The summed E-state index contributed by atoms with van der Waals surface area (Å²) < 4.78 is 1.71. The number of fused-ring (bicyclic) bond motifs is 1. The summed E-state index contributed by atoms with van der Waals surface area (Å²) in [5.74, 6) is 0.345. The summed E-state index contributed by atoms with van der Waals surface area (Å²) in [5.41, 5.74) is 0.933. The highest BCUT2D eigenvalue weighted by atomic mass is 16.2. The van der Waals surface area contributed by atoms with Crippen LogP contribution in [0.1, 0.15) is 6.42 Å². The molecule has 1 unspecified atom stereocenters. The molecule has 1 N–H and O–H groups in total. The summed E-state index contributed by atoms with van der Waals surface area (Å²) in [6, 6.07) is 7.56.